The molecule has 1 aromatic heterocycles. The molecule has 2 heterocycles. The summed E-state index contributed by atoms with van der Waals surface area (Å²) in [5.41, 5.74) is 0.478. The Kier molecular flexibility index (Phi) is 5.70. The van der Waals surface area contributed by atoms with Gasteiger partial charge in [0.25, 0.3) is 11.8 Å². The van der Waals surface area contributed by atoms with E-state index in [0.29, 0.717) is 40.4 Å². The van der Waals surface area contributed by atoms with E-state index in [0.717, 1.165) is 0 Å². The highest BCUT2D eigenvalue weighted by molar-refractivity contribution is 6.06. The van der Waals surface area contributed by atoms with Gasteiger partial charge in [-0.15, -0.1) is 0 Å². The predicted molar refractivity (Wildman–Crippen MR) is 127 cm³/mol. The number of nitrogens with one attached hydrogen (secondary N) is 1. The summed E-state index contributed by atoms with van der Waals surface area (Å²) in [5.74, 6) is 0.394. The highest BCUT2D eigenvalue weighted by atomic mass is 16.5. The maximum Gasteiger partial charge on any atom is 0.349 e. The van der Waals surface area contributed by atoms with E-state index < -0.39 is 11.5 Å². The number of amides is 2. The number of rotatable bonds is 6. The van der Waals surface area contributed by atoms with Gasteiger partial charge in [0, 0.05) is 11.1 Å². The molecule has 0 radical (unpaired) electrons. The highest BCUT2D eigenvalue weighted by Gasteiger charge is 2.26. The minimum Gasteiger partial charge on any atom is -0.492 e. The van der Waals surface area contributed by atoms with E-state index in [1.165, 1.54) is 6.07 Å². The Hall–Kier alpha value is -4.59. The molecule has 0 unspecified atom stereocenters. The standard InChI is InChI=1S/C26H20N2O6/c29-24-16-33-23-11-10-18(15-21(23)28(24)12-13-32-19-7-2-1-3-8-19)27-25(30)20-14-17-6-4-5-9-22(17)34-26(20)31/h1-11,14-15H,12-13,16H2,(H,27,30). The van der Waals surface area contributed by atoms with Crippen LogP contribution in [-0.4, -0.2) is 31.6 Å². The van der Waals surface area contributed by atoms with Gasteiger partial charge in [0.05, 0.1) is 12.2 Å². The van der Waals surface area contributed by atoms with Crippen LogP contribution in [0.25, 0.3) is 11.0 Å². The third kappa shape index (κ3) is 4.33. The number of hydrogen-bond acceptors (Lipinski definition) is 6. The molecule has 34 heavy (non-hydrogen) atoms. The van der Waals surface area contributed by atoms with Crippen LogP contribution >= 0.6 is 0 Å². The first kappa shape index (κ1) is 21.3. The molecule has 1 aliphatic heterocycles. The molecule has 0 fully saturated rings. The van der Waals surface area contributed by atoms with Crippen molar-refractivity contribution in [3.63, 3.8) is 0 Å². The fraction of sp³-hybridized carbons (Fsp3) is 0.115. The zero-order valence-corrected chi connectivity index (χ0v) is 18.0. The van der Waals surface area contributed by atoms with Crippen molar-refractivity contribution < 1.29 is 23.5 Å². The SMILES string of the molecule is O=C(Nc1ccc2c(c1)N(CCOc1ccccc1)C(=O)CO2)c1cc2ccccc2oc1=O. The summed E-state index contributed by atoms with van der Waals surface area (Å²) in [5, 5.41) is 3.35. The van der Waals surface area contributed by atoms with Crippen LogP contribution in [0, 0.1) is 0 Å². The van der Waals surface area contributed by atoms with Crippen molar-refractivity contribution in [1.29, 1.82) is 0 Å². The van der Waals surface area contributed by atoms with Gasteiger partial charge in [-0.05, 0) is 42.5 Å². The third-order valence-electron chi connectivity index (χ3n) is 5.37. The molecule has 0 spiro atoms. The summed E-state index contributed by atoms with van der Waals surface area (Å²) in [6.45, 7) is 0.502. The number of ether oxygens (including phenoxy) is 2. The molecule has 5 rings (SSSR count). The smallest absolute Gasteiger partial charge is 0.349 e. The molecule has 170 valence electrons. The van der Waals surface area contributed by atoms with E-state index >= 15 is 0 Å². The van der Waals surface area contributed by atoms with Gasteiger partial charge in [-0.1, -0.05) is 36.4 Å². The lowest BCUT2D eigenvalue weighted by Crippen LogP contribution is -2.41. The summed E-state index contributed by atoms with van der Waals surface area (Å²) in [6.07, 6.45) is 0. The van der Waals surface area contributed by atoms with Gasteiger partial charge in [0.1, 0.15) is 29.3 Å². The Morgan fingerprint density at radius 3 is 2.62 bits per heavy atom. The summed E-state index contributed by atoms with van der Waals surface area (Å²) in [4.78, 5) is 39.2. The molecule has 8 heteroatoms. The van der Waals surface area contributed by atoms with Crippen LogP contribution in [0.3, 0.4) is 0 Å². The second-order valence-corrected chi connectivity index (χ2v) is 7.62. The first-order valence-corrected chi connectivity index (χ1v) is 10.7. The van der Waals surface area contributed by atoms with Crippen molar-refractivity contribution in [2.75, 3.05) is 30.0 Å². The lowest BCUT2D eigenvalue weighted by molar-refractivity contribution is -0.121. The van der Waals surface area contributed by atoms with Gasteiger partial charge >= 0.3 is 5.63 Å². The largest absolute Gasteiger partial charge is 0.492 e. The molecule has 0 aliphatic carbocycles. The van der Waals surface area contributed by atoms with E-state index in [2.05, 4.69) is 5.32 Å². The Balaban J connectivity index is 1.35. The van der Waals surface area contributed by atoms with Crippen molar-refractivity contribution in [2.24, 2.45) is 0 Å². The van der Waals surface area contributed by atoms with E-state index in [-0.39, 0.29) is 24.7 Å². The van der Waals surface area contributed by atoms with Crippen molar-refractivity contribution in [2.45, 2.75) is 0 Å². The zero-order valence-electron chi connectivity index (χ0n) is 18.0. The second-order valence-electron chi connectivity index (χ2n) is 7.62. The van der Waals surface area contributed by atoms with Crippen LogP contribution in [-0.2, 0) is 4.79 Å². The van der Waals surface area contributed by atoms with Gasteiger partial charge in [-0.2, -0.15) is 0 Å². The molecule has 8 nitrogen and oxygen atoms in total. The van der Waals surface area contributed by atoms with Crippen molar-refractivity contribution in [3.05, 3.63) is 94.8 Å². The molecule has 2 amide bonds. The van der Waals surface area contributed by atoms with E-state index in [4.69, 9.17) is 13.9 Å². The molecule has 4 aromatic rings. The van der Waals surface area contributed by atoms with Crippen LogP contribution < -0.4 is 25.3 Å². The average molecular weight is 456 g/mol. The van der Waals surface area contributed by atoms with Gasteiger partial charge in [-0.25, -0.2) is 4.79 Å². The minimum absolute atomic E-state index is 0.0812. The molecule has 0 saturated heterocycles. The average Bonchev–Trinajstić information content (AvgIpc) is 2.85. The summed E-state index contributed by atoms with van der Waals surface area (Å²) in [7, 11) is 0. The predicted octanol–water partition coefficient (Wildman–Crippen LogP) is 3.85. The van der Waals surface area contributed by atoms with Crippen molar-refractivity contribution in [1.82, 2.24) is 0 Å². The number of hydrogen-bond donors (Lipinski definition) is 1. The molecule has 0 bridgehead atoms. The third-order valence-corrected chi connectivity index (χ3v) is 5.37. The first-order valence-electron chi connectivity index (χ1n) is 10.7. The van der Waals surface area contributed by atoms with Crippen molar-refractivity contribution in [3.8, 4) is 11.5 Å². The zero-order chi connectivity index (χ0) is 23.5. The Labute approximate surface area is 194 Å². The summed E-state index contributed by atoms with van der Waals surface area (Å²) in [6, 6.07) is 22.7. The molecular weight excluding hydrogens is 436 g/mol. The van der Waals surface area contributed by atoms with E-state index in [1.807, 2.05) is 30.3 Å². The van der Waals surface area contributed by atoms with Gasteiger partial charge < -0.3 is 24.1 Å². The van der Waals surface area contributed by atoms with E-state index in [9.17, 15) is 14.4 Å². The topological polar surface area (TPSA) is 98.1 Å². The lowest BCUT2D eigenvalue weighted by atomic mass is 10.1. The van der Waals surface area contributed by atoms with Gasteiger partial charge in [0.2, 0.25) is 0 Å². The maximum absolute atomic E-state index is 12.8. The number of nitrogens with zero attached hydrogens (tertiary/aromatic N) is 1. The van der Waals surface area contributed by atoms with Crippen molar-refractivity contribution >= 4 is 34.2 Å². The fourth-order valence-corrected chi connectivity index (χ4v) is 3.72. The fourth-order valence-electron chi connectivity index (χ4n) is 3.72. The molecule has 0 saturated carbocycles. The number of carbonyl (C=O) groups excluding carboxylic acids is 2. The Morgan fingerprint density at radius 1 is 0.971 bits per heavy atom. The van der Waals surface area contributed by atoms with Crippen LogP contribution in [0.15, 0.2) is 88.1 Å². The number of anilines is 2. The Bertz CT molecular complexity index is 1430. The van der Waals surface area contributed by atoms with Crippen LogP contribution in [0.2, 0.25) is 0 Å². The molecule has 1 aliphatic rings. The lowest BCUT2D eigenvalue weighted by Gasteiger charge is -2.29. The molecule has 1 N–H and O–H groups in total. The number of carbonyl (C=O) groups is 2. The van der Waals surface area contributed by atoms with Crippen LogP contribution in [0.5, 0.6) is 11.5 Å². The van der Waals surface area contributed by atoms with Gasteiger partial charge in [-0.3, -0.25) is 9.59 Å². The number of fused-ring (bicyclic) bond motifs is 2. The maximum atomic E-state index is 12.8. The number of benzene rings is 3. The number of para-hydroxylation sites is 2. The van der Waals surface area contributed by atoms with Crippen LogP contribution in [0.1, 0.15) is 10.4 Å². The first-order chi connectivity index (χ1) is 16.6. The molecular formula is C26H20N2O6. The highest BCUT2D eigenvalue weighted by Crippen LogP contribution is 2.34. The quantitative estimate of drug-likeness (QED) is 0.443. The summed E-state index contributed by atoms with van der Waals surface area (Å²) < 4.78 is 16.5. The Morgan fingerprint density at radius 2 is 1.76 bits per heavy atom. The molecule has 0 atom stereocenters. The van der Waals surface area contributed by atoms with E-state index in [1.54, 1.807) is 47.4 Å². The van der Waals surface area contributed by atoms with Gasteiger partial charge in [0.15, 0.2) is 6.61 Å². The van der Waals surface area contributed by atoms with Crippen LogP contribution in [0.4, 0.5) is 11.4 Å². The summed E-state index contributed by atoms with van der Waals surface area (Å²) >= 11 is 0. The second kappa shape index (κ2) is 9.11. The molecule has 3 aromatic carbocycles. The monoisotopic (exact) mass is 456 g/mol. The normalized spacial score (nSPS) is 12.7. The minimum atomic E-state index is -0.729.